The molecule has 0 atom stereocenters. The summed E-state index contributed by atoms with van der Waals surface area (Å²) >= 11 is 1.20. The van der Waals surface area contributed by atoms with E-state index in [4.69, 9.17) is 0 Å². The summed E-state index contributed by atoms with van der Waals surface area (Å²) in [5, 5.41) is 13.5. The van der Waals surface area contributed by atoms with Crippen LogP contribution in [0.3, 0.4) is 0 Å². The maximum atomic E-state index is 12.0. The van der Waals surface area contributed by atoms with Gasteiger partial charge in [-0.2, -0.15) is 0 Å². The van der Waals surface area contributed by atoms with Crippen molar-refractivity contribution < 1.29 is 14.5 Å². The van der Waals surface area contributed by atoms with Crippen LogP contribution in [-0.2, 0) is 4.79 Å². The van der Waals surface area contributed by atoms with Gasteiger partial charge in [-0.1, -0.05) is 36.4 Å². The van der Waals surface area contributed by atoms with Crippen molar-refractivity contribution in [2.45, 2.75) is 6.92 Å². The van der Waals surface area contributed by atoms with Gasteiger partial charge in [0.1, 0.15) is 0 Å². The number of carbonyl (C=O) groups excluding carboxylic acids is 2. The van der Waals surface area contributed by atoms with Crippen LogP contribution < -0.4 is 5.32 Å². The fraction of sp³-hybridized carbons (Fsp3) is 0.176. The first-order valence-electron chi connectivity index (χ1n) is 7.19. The lowest BCUT2D eigenvalue weighted by atomic mass is 10.1. The highest BCUT2D eigenvalue weighted by molar-refractivity contribution is 8.00. The Morgan fingerprint density at radius 1 is 1.08 bits per heavy atom. The van der Waals surface area contributed by atoms with Crippen molar-refractivity contribution in [3.63, 3.8) is 0 Å². The third-order valence-electron chi connectivity index (χ3n) is 3.34. The van der Waals surface area contributed by atoms with Gasteiger partial charge in [0.25, 0.3) is 5.69 Å². The maximum absolute atomic E-state index is 12.0. The molecule has 0 aliphatic rings. The number of anilines is 1. The number of hydrogen-bond donors (Lipinski definition) is 1. The molecule has 0 spiro atoms. The topological polar surface area (TPSA) is 89.3 Å². The number of nitrogens with one attached hydrogen (secondary N) is 1. The Labute approximate surface area is 143 Å². The first-order valence-corrected chi connectivity index (χ1v) is 8.34. The summed E-state index contributed by atoms with van der Waals surface area (Å²) in [6, 6.07) is 13.4. The predicted molar refractivity (Wildman–Crippen MR) is 94.6 cm³/mol. The zero-order chi connectivity index (χ0) is 17.5. The maximum Gasteiger partial charge on any atom is 0.274 e. The highest BCUT2D eigenvalue weighted by Gasteiger charge is 2.15. The lowest BCUT2D eigenvalue weighted by molar-refractivity contribution is -0.385. The molecule has 24 heavy (non-hydrogen) atoms. The second kappa shape index (κ2) is 8.26. The van der Waals surface area contributed by atoms with Crippen molar-refractivity contribution in [2.75, 3.05) is 16.8 Å². The van der Waals surface area contributed by atoms with Gasteiger partial charge in [-0.3, -0.25) is 19.7 Å². The molecule has 0 fully saturated rings. The predicted octanol–water partition coefficient (Wildman–Crippen LogP) is 3.46. The molecule has 0 aromatic heterocycles. The van der Waals surface area contributed by atoms with Crippen molar-refractivity contribution in [1.29, 1.82) is 0 Å². The third-order valence-corrected chi connectivity index (χ3v) is 4.27. The van der Waals surface area contributed by atoms with Crippen LogP contribution in [-0.4, -0.2) is 28.1 Å². The molecule has 2 aromatic rings. The van der Waals surface area contributed by atoms with E-state index in [1.54, 1.807) is 37.3 Å². The molecular formula is C17H16N2O4S. The number of nitrogens with zero attached hydrogens (tertiary/aromatic N) is 1. The summed E-state index contributed by atoms with van der Waals surface area (Å²) < 4.78 is 0. The Bertz CT molecular complexity index is 762. The Balaban J connectivity index is 1.87. The summed E-state index contributed by atoms with van der Waals surface area (Å²) in [4.78, 5) is 34.3. The van der Waals surface area contributed by atoms with E-state index < -0.39 is 4.92 Å². The van der Waals surface area contributed by atoms with Gasteiger partial charge < -0.3 is 5.32 Å². The minimum Gasteiger partial charge on any atom is -0.325 e. The molecule has 124 valence electrons. The number of benzene rings is 2. The molecule has 0 heterocycles. The lowest BCUT2D eigenvalue weighted by Crippen LogP contribution is -2.16. The fourth-order valence-electron chi connectivity index (χ4n) is 2.09. The van der Waals surface area contributed by atoms with Gasteiger partial charge in [-0.05, 0) is 13.0 Å². The number of carbonyl (C=O) groups is 2. The van der Waals surface area contributed by atoms with Crippen molar-refractivity contribution in [2.24, 2.45) is 0 Å². The summed E-state index contributed by atoms with van der Waals surface area (Å²) in [6.07, 6.45) is 0. The second-order valence-corrected chi connectivity index (χ2v) is 6.02. The van der Waals surface area contributed by atoms with E-state index in [0.29, 0.717) is 16.8 Å². The summed E-state index contributed by atoms with van der Waals surface area (Å²) in [5.41, 5.74) is 1.38. The molecule has 7 heteroatoms. The Morgan fingerprint density at radius 3 is 2.46 bits per heavy atom. The highest BCUT2D eigenvalue weighted by atomic mass is 32.2. The van der Waals surface area contributed by atoms with Crippen molar-refractivity contribution >= 4 is 34.8 Å². The second-order valence-electron chi connectivity index (χ2n) is 5.04. The van der Waals surface area contributed by atoms with Crippen molar-refractivity contribution in [3.05, 3.63) is 69.8 Å². The molecule has 6 nitrogen and oxygen atoms in total. The molecule has 0 saturated carbocycles. The van der Waals surface area contributed by atoms with Gasteiger partial charge in [0, 0.05) is 11.6 Å². The average molecular weight is 344 g/mol. The van der Waals surface area contributed by atoms with E-state index in [0.717, 1.165) is 0 Å². The van der Waals surface area contributed by atoms with E-state index in [2.05, 4.69) is 5.32 Å². The summed E-state index contributed by atoms with van der Waals surface area (Å²) in [7, 11) is 0. The van der Waals surface area contributed by atoms with Crippen molar-refractivity contribution in [3.8, 4) is 0 Å². The molecular weight excluding hydrogens is 328 g/mol. The molecule has 0 saturated heterocycles. The van der Waals surface area contributed by atoms with Crippen LogP contribution in [0.2, 0.25) is 0 Å². The number of hydrogen-bond acceptors (Lipinski definition) is 5. The number of nitro benzene ring substituents is 1. The van der Waals surface area contributed by atoms with Gasteiger partial charge in [0.2, 0.25) is 5.91 Å². The van der Waals surface area contributed by atoms with Gasteiger partial charge in [-0.25, -0.2) is 0 Å². The smallest absolute Gasteiger partial charge is 0.274 e. The normalized spacial score (nSPS) is 10.2. The van der Waals surface area contributed by atoms with Crippen LogP contribution in [0.15, 0.2) is 48.5 Å². The monoisotopic (exact) mass is 344 g/mol. The number of amides is 1. The average Bonchev–Trinajstić information content (AvgIpc) is 2.57. The molecule has 1 amide bonds. The summed E-state index contributed by atoms with van der Waals surface area (Å²) in [6.45, 7) is 1.58. The number of Topliss-reactive ketones (excluding diaryl/α,β-unsaturated/α-hetero) is 1. The minimum atomic E-state index is -0.488. The molecule has 0 aliphatic carbocycles. The fourth-order valence-corrected chi connectivity index (χ4v) is 2.80. The zero-order valence-corrected chi connectivity index (χ0v) is 13.8. The minimum absolute atomic E-state index is 0.0417. The Kier molecular flexibility index (Phi) is 6.08. The first-order chi connectivity index (χ1) is 11.5. The molecule has 0 bridgehead atoms. The Hall–Kier alpha value is -2.67. The first kappa shape index (κ1) is 17.7. The van der Waals surface area contributed by atoms with Crippen LogP contribution in [0, 0.1) is 17.0 Å². The third kappa shape index (κ3) is 4.66. The van der Waals surface area contributed by atoms with E-state index in [9.17, 15) is 19.7 Å². The number of rotatable bonds is 7. The lowest BCUT2D eigenvalue weighted by Gasteiger charge is -2.08. The standard InChI is InChI=1S/C17H16N2O4S/c1-12-14(8-5-9-15(12)19(22)23)18-17(21)11-24-10-16(20)13-6-3-2-4-7-13/h2-9H,10-11H2,1H3,(H,18,21). The van der Waals surface area contributed by atoms with Crippen LogP contribution in [0.25, 0.3) is 0 Å². The molecule has 0 unspecified atom stereocenters. The molecule has 0 radical (unpaired) electrons. The van der Waals surface area contributed by atoms with Crippen LogP contribution in [0.1, 0.15) is 15.9 Å². The number of ketones is 1. The van der Waals surface area contributed by atoms with Gasteiger partial charge in [0.15, 0.2) is 5.78 Å². The SMILES string of the molecule is Cc1c(NC(=O)CSCC(=O)c2ccccc2)cccc1[N+](=O)[O-]. The van der Waals surface area contributed by atoms with Gasteiger partial charge in [-0.15, -0.1) is 11.8 Å². The van der Waals surface area contributed by atoms with Crippen LogP contribution in [0.5, 0.6) is 0 Å². The van der Waals surface area contributed by atoms with Gasteiger partial charge >= 0.3 is 0 Å². The molecule has 2 rings (SSSR count). The van der Waals surface area contributed by atoms with E-state index in [-0.39, 0.29) is 28.9 Å². The molecule has 0 aliphatic heterocycles. The summed E-state index contributed by atoms with van der Waals surface area (Å²) in [5.74, 6) is -0.0455. The van der Waals surface area contributed by atoms with E-state index in [1.807, 2.05) is 6.07 Å². The van der Waals surface area contributed by atoms with Crippen molar-refractivity contribution in [1.82, 2.24) is 0 Å². The molecule has 2 aromatic carbocycles. The Morgan fingerprint density at radius 2 is 1.79 bits per heavy atom. The largest absolute Gasteiger partial charge is 0.325 e. The van der Waals surface area contributed by atoms with E-state index >= 15 is 0 Å². The molecule has 1 N–H and O–H groups in total. The quantitative estimate of drug-likeness (QED) is 0.472. The van der Waals surface area contributed by atoms with Crippen LogP contribution >= 0.6 is 11.8 Å². The number of nitro groups is 1. The van der Waals surface area contributed by atoms with Crippen LogP contribution in [0.4, 0.5) is 11.4 Å². The van der Waals surface area contributed by atoms with Gasteiger partial charge in [0.05, 0.1) is 27.7 Å². The highest BCUT2D eigenvalue weighted by Crippen LogP contribution is 2.25. The van der Waals surface area contributed by atoms with E-state index in [1.165, 1.54) is 23.9 Å². The number of thioether (sulfide) groups is 1. The zero-order valence-electron chi connectivity index (χ0n) is 13.0.